The molecule has 0 aliphatic heterocycles. The molecule has 3 N–H and O–H groups in total. The molecule has 0 fully saturated rings. The van der Waals surface area contributed by atoms with E-state index in [0.29, 0.717) is 13.1 Å². The largest absolute Gasteiger partial charge is 0.350 e. The van der Waals surface area contributed by atoms with Crippen LogP contribution in [0.25, 0.3) is 0 Å². The Morgan fingerprint density at radius 2 is 2.38 bits per heavy atom. The van der Waals surface area contributed by atoms with Gasteiger partial charge >= 0.3 is 0 Å². The Labute approximate surface area is 96.3 Å². The van der Waals surface area contributed by atoms with Crippen LogP contribution in [-0.2, 0) is 11.3 Å². The third kappa shape index (κ3) is 3.98. The number of hydrogen-bond acceptors (Lipinski definition) is 3. The zero-order valence-corrected chi connectivity index (χ0v) is 9.65. The zero-order chi connectivity index (χ0) is 11.8. The van der Waals surface area contributed by atoms with Crippen LogP contribution in [0.1, 0.15) is 25.5 Å². The van der Waals surface area contributed by atoms with Gasteiger partial charge in [0.05, 0.1) is 18.2 Å². The number of carbonyl (C=O) groups is 1. The first-order valence-electron chi connectivity index (χ1n) is 5.65. The van der Waals surface area contributed by atoms with Crippen LogP contribution >= 0.6 is 0 Å². The number of aromatic nitrogens is 1. The molecule has 0 saturated heterocycles. The third-order valence-electron chi connectivity index (χ3n) is 2.46. The Kier molecular flexibility index (Phi) is 5.50. The van der Waals surface area contributed by atoms with Gasteiger partial charge in [0, 0.05) is 12.7 Å². The lowest BCUT2D eigenvalue weighted by Gasteiger charge is -2.13. The van der Waals surface area contributed by atoms with Gasteiger partial charge in [-0.15, -0.1) is 0 Å². The van der Waals surface area contributed by atoms with E-state index in [-0.39, 0.29) is 11.8 Å². The van der Waals surface area contributed by atoms with Crippen LogP contribution < -0.4 is 11.1 Å². The van der Waals surface area contributed by atoms with Crippen molar-refractivity contribution in [2.45, 2.75) is 26.3 Å². The summed E-state index contributed by atoms with van der Waals surface area (Å²) in [6.45, 7) is 2.93. The lowest BCUT2D eigenvalue weighted by molar-refractivity contribution is -0.125. The fourth-order valence-corrected chi connectivity index (χ4v) is 1.53. The van der Waals surface area contributed by atoms with Crippen LogP contribution in [-0.4, -0.2) is 17.4 Å². The van der Waals surface area contributed by atoms with Crippen molar-refractivity contribution in [2.24, 2.45) is 11.7 Å². The van der Waals surface area contributed by atoms with Crippen LogP contribution in [0.5, 0.6) is 0 Å². The smallest absolute Gasteiger partial charge is 0.224 e. The molecule has 4 heteroatoms. The second-order valence-corrected chi connectivity index (χ2v) is 3.76. The van der Waals surface area contributed by atoms with Crippen molar-refractivity contribution in [1.29, 1.82) is 0 Å². The normalized spacial score (nSPS) is 12.1. The van der Waals surface area contributed by atoms with Crippen molar-refractivity contribution in [2.75, 3.05) is 6.54 Å². The highest BCUT2D eigenvalue weighted by atomic mass is 16.1. The van der Waals surface area contributed by atoms with Gasteiger partial charge in [0.1, 0.15) is 0 Å². The number of nitrogens with zero attached hydrogens (tertiary/aromatic N) is 1. The molecule has 0 radical (unpaired) electrons. The van der Waals surface area contributed by atoms with E-state index in [1.165, 1.54) is 0 Å². The molecule has 0 aliphatic carbocycles. The Morgan fingerprint density at radius 3 is 2.94 bits per heavy atom. The summed E-state index contributed by atoms with van der Waals surface area (Å²) in [6, 6.07) is 5.64. The lowest BCUT2D eigenvalue weighted by atomic mass is 10.0. The van der Waals surface area contributed by atoms with E-state index in [1.54, 1.807) is 6.20 Å². The maximum absolute atomic E-state index is 11.7. The number of rotatable bonds is 6. The molecule has 1 heterocycles. The Bertz CT molecular complexity index is 313. The number of nitrogens with one attached hydrogen (secondary N) is 1. The lowest BCUT2D eigenvalue weighted by Crippen LogP contribution is -2.34. The first-order chi connectivity index (χ1) is 7.77. The highest BCUT2D eigenvalue weighted by Crippen LogP contribution is 2.04. The summed E-state index contributed by atoms with van der Waals surface area (Å²) >= 11 is 0. The summed E-state index contributed by atoms with van der Waals surface area (Å²) in [6.07, 6.45) is 3.53. The summed E-state index contributed by atoms with van der Waals surface area (Å²) in [5, 5.41) is 2.85. The molecule has 1 unspecified atom stereocenters. The molecule has 1 aromatic heterocycles. The molecule has 0 aromatic carbocycles. The average molecular weight is 221 g/mol. The minimum atomic E-state index is -0.0753. The molecule has 16 heavy (non-hydrogen) atoms. The quantitative estimate of drug-likeness (QED) is 0.755. The van der Waals surface area contributed by atoms with Gasteiger partial charge in [-0.05, 0) is 18.6 Å². The molecule has 1 rings (SSSR count). The number of nitrogens with two attached hydrogens (primary N) is 1. The van der Waals surface area contributed by atoms with Crippen LogP contribution in [0.15, 0.2) is 24.4 Å². The Morgan fingerprint density at radius 1 is 1.56 bits per heavy atom. The van der Waals surface area contributed by atoms with Gasteiger partial charge in [0.25, 0.3) is 0 Å². The van der Waals surface area contributed by atoms with Gasteiger partial charge in [0.2, 0.25) is 5.91 Å². The predicted octanol–water partition coefficient (Wildman–Crippen LogP) is 1.07. The number of carbonyl (C=O) groups excluding carboxylic acids is 1. The summed E-state index contributed by atoms with van der Waals surface area (Å²) in [4.78, 5) is 15.9. The fourth-order valence-electron chi connectivity index (χ4n) is 1.53. The number of pyridine rings is 1. The highest BCUT2D eigenvalue weighted by molar-refractivity contribution is 5.78. The SMILES string of the molecule is CCCC(CN)C(=O)NCc1ccccn1. The predicted molar refractivity (Wildman–Crippen MR) is 63.5 cm³/mol. The van der Waals surface area contributed by atoms with Gasteiger partial charge in [-0.25, -0.2) is 0 Å². The Balaban J connectivity index is 2.40. The van der Waals surface area contributed by atoms with E-state index in [0.717, 1.165) is 18.5 Å². The van der Waals surface area contributed by atoms with Crippen molar-refractivity contribution < 1.29 is 4.79 Å². The second-order valence-electron chi connectivity index (χ2n) is 3.76. The summed E-state index contributed by atoms with van der Waals surface area (Å²) in [7, 11) is 0. The fraction of sp³-hybridized carbons (Fsp3) is 0.500. The Hall–Kier alpha value is -1.42. The summed E-state index contributed by atoms with van der Waals surface area (Å²) in [5.41, 5.74) is 6.42. The maximum atomic E-state index is 11.7. The van der Waals surface area contributed by atoms with Crippen LogP contribution in [0.2, 0.25) is 0 Å². The molecule has 1 amide bonds. The van der Waals surface area contributed by atoms with Gasteiger partial charge in [-0.1, -0.05) is 19.4 Å². The van der Waals surface area contributed by atoms with E-state index in [2.05, 4.69) is 17.2 Å². The van der Waals surface area contributed by atoms with Crippen LogP contribution in [0, 0.1) is 5.92 Å². The minimum Gasteiger partial charge on any atom is -0.350 e. The van der Waals surface area contributed by atoms with Gasteiger partial charge in [-0.3, -0.25) is 9.78 Å². The van der Waals surface area contributed by atoms with Gasteiger partial charge in [0.15, 0.2) is 0 Å². The first-order valence-corrected chi connectivity index (χ1v) is 5.65. The molecule has 88 valence electrons. The maximum Gasteiger partial charge on any atom is 0.224 e. The molecular weight excluding hydrogens is 202 g/mol. The van der Waals surface area contributed by atoms with Crippen LogP contribution in [0.4, 0.5) is 0 Å². The molecule has 0 bridgehead atoms. The average Bonchev–Trinajstić information content (AvgIpc) is 2.34. The number of hydrogen-bond donors (Lipinski definition) is 2. The van der Waals surface area contributed by atoms with E-state index >= 15 is 0 Å². The van der Waals surface area contributed by atoms with E-state index in [1.807, 2.05) is 18.2 Å². The van der Waals surface area contributed by atoms with Crippen molar-refractivity contribution in [3.8, 4) is 0 Å². The van der Waals surface area contributed by atoms with E-state index in [4.69, 9.17) is 5.73 Å². The van der Waals surface area contributed by atoms with Crippen molar-refractivity contribution >= 4 is 5.91 Å². The standard InChI is InChI=1S/C12H19N3O/c1-2-5-10(8-13)12(16)15-9-11-6-3-4-7-14-11/h3-4,6-7,10H,2,5,8-9,13H2,1H3,(H,15,16). The minimum absolute atomic E-state index is 0.0232. The molecular formula is C12H19N3O. The highest BCUT2D eigenvalue weighted by Gasteiger charge is 2.14. The zero-order valence-electron chi connectivity index (χ0n) is 9.65. The van der Waals surface area contributed by atoms with E-state index < -0.39 is 0 Å². The first kappa shape index (κ1) is 12.6. The van der Waals surface area contributed by atoms with Crippen molar-refractivity contribution in [1.82, 2.24) is 10.3 Å². The van der Waals surface area contributed by atoms with E-state index in [9.17, 15) is 4.79 Å². The van der Waals surface area contributed by atoms with Gasteiger partial charge < -0.3 is 11.1 Å². The molecule has 1 aromatic rings. The molecule has 0 saturated carbocycles. The van der Waals surface area contributed by atoms with Crippen LogP contribution in [0.3, 0.4) is 0 Å². The summed E-state index contributed by atoms with van der Waals surface area (Å²) < 4.78 is 0. The number of amides is 1. The molecule has 1 atom stereocenters. The van der Waals surface area contributed by atoms with Gasteiger partial charge in [-0.2, -0.15) is 0 Å². The second kappa shape index (κ2) is 6.95. The topological polar surface area (TPSA) is 68.0 Å². The monoisotopic (exact) mass is 221 g/mol. The van der Waals surface area contributed by atoms with Crippen molar-refractivity contribution in [3.63, 3.8) is 0 Å². The molecule has 0 spiro atoms. The third-order valence-corrected chi connectivity index (χ3v) is 2.46. The molecule has 4 nitrogen and oxygen atoms in total. The van der Waals surface area contributed by atoms with Crippen molar-refractivity contribution in [3.05, 3.63) is 30.1 Å². The summed E-state index contributed by atoms with van der Waals surface area (Å²) in [5.74, 6) is -0.0521. The molecule has 0 aliphatic rings.